The second-order valence-corrected chi connectivity index (χ2v) is 13.9. The molecule has 0 fully saturated rings. The Labute approximate surface area is 249 Å². The van der Waals surface area contributed by atoms with Gasteiger partial charge in [-0.05, 0) is 12.8 Å². The lowest BCUT2D eigenvalue weighted by Crippen LogP contribution is -2.37. The summed E-state index contributed by atoms with van der Waals surface area (Å²) in [4.78, 5) is 12.2. The van der Waals surface area contributed by atoms with Gasteiger partial charge in [-0.25, -0.2) is 0 Å². The molecule has 8 heteroatoms. The third kappa shape index (κ3) is 30.9. The Morgan fingerprint density at radius 1 is 0.575 bits per heavy atom. The normalized spacial score (nSPS) is 14.4. The van der Waals surface area contributed by atoms with Crippen molar-refractivity contribution in [3.05, 3.63) is 0 Å². The number of likely N-dealkylation sites (N-methyl/N-ethyl adjacent to an activating group) is 1. The quantitative estimate of drug-likeness (QED) is 0.0443. The molecule has 0 aliphatic carbocycles. The van der Waals surface area contributed by atoms with E-state index in [4.69, 9.17) is 18.5 Å². The second-order valence-electron chi connectivity index (χ2n) is 12.5. The van der Waals surface area contributed by atoms with Crippen molar-refractivity contribution in [1.82, 2.24) is 0 Å². The smallest absolute Gasteiger partial charge is 0.268 e. The molecule has 0 N–H and O–H groups in total. The highest BCUT2D eigenvalue weighted by Crippen LogP contribution is 2.38. The van der Waals surface area contributed by atoms with E-state index in [9.17, 15) is 9.46 Å². The minimum Gasteiger partial charge on any atom is -0.756 e. The van der Waals surface area contributed by atoms with E-state index in [1.165, 1.54) is 103 Å². The Bertz CT molecular complexity index is 572. The summed E-state index contributed by atoms with van der Waals surface area (Å²) in [6.45, 7) is 6.71. The van der Waals surface area contributed by atoms with Crippen LogP contribution >= 0.6 is 7.82 Å². The van der Waals surface area contributed by atoms with E-state index < -0.39 is 13.9 Å². The van der Waals surface area contributed by atoms with E-state index in [-0.39, 0.29) is 13.2 Å². The Kier molecular flexibility index (Phi) is 27.8. The number of phosphoric ester groups is 1. The summed E-state index contributed by atoms with van der Waals surface area (Å²) >= 11 is 0. The Balaban J connectivity index is 4.09. The van der Waals surface area contributed by atoms with Gasteiger partial charge in [-0.1, -0.05) is 129 Å². The molecule has 0 aliphatic rings. The molecule has 2 atom stereocenters. The molecular weight excluding hydrogens is 525 g/mol. The first-order valence-corrected chi connectivity index (χ1v) is 18.3. The van der Waals surface area contributed by atoms with Crippen LogP contribution in [0.4, 0.5) is 0 Å². The molecule has 0 heterocycles. The maximum Gasteiger partial charge on any atom is 0.268 e. The summed E-state index contributed by atoms with van der Waals surface area (Å²) in [5, 5.41) is 0. The van der Waals surface area contributed by atoms with E-state index in [2.05, 4.69) is 13.8 Å². The molecular formula is C32H68NO6P. The van der Waals surface area contributed by atoms with Gasteiger partial charge in [0.1, 0.15) is 19.3 Å². The molecule has 0 saturated carbocycles. The summed E-state index contributed by atoms with van der Waals surface area (Å²) in [7, 11) is 1.60. The monoisotopic (exact) mass is 593 g/mol. The topological polar surface area (TPSA) is 77.1 Å². The van der Waals surface area contributed by atoms with Gasteiger partial charge in [-0.3, -0.25) is 4.57 Å². The minimum atomic E-state index is -4.36. The predicted molar refractivity (Wildman–Crippen MR) is 167 cm³/mol. The van der Waals surface area contributed by atoms with Gasteiger partial charge in [0.2, 0.25) is 0 Å². The third-order valence-corrected chi connectivity index (χ3v) is 8.19. The molecule has 0 bridgehead atoms. The van der Waals surface area contributed by atoms with Gasteiger partial charge in [-0.2, -0.15) is 0 Å². The van der Waals surface area contributed by atoms with E-state index >= 15 is 0 Å². The van der Waals surface area contributed by atoms with Crippen molar-refractivity contribution in [2.45, 2.75) is 148 Å². The molecule has 2 unspecified atom stereocenters. The summed E-state index contributed by atoms with van der Waals surface area (Å²) < 4.78 is 34.9. The van der Waals surface area contributed by atoms with Crippen LogP contribution in [0.1, 0.15) is 142 Å². The van der Waals surface area contributed by atoms with E-state index in [0.29, 0.717) is 30.8 Å². The van der Waals surface area contributed by atoms with Crippen molar-refractivity contribution < 1.29 is 32.5 Å². The summed E-state index contributed by atoms with van der Waals surface area (Å²) in [5.41, 5.74) is 0. The van der Waals surface area contributed by atoms with E-state index in [0.717, 1.165) is 25.7 Å². The van der Waals surface area contributed by atoms with Gasteiger partial charge in [-0.15, -0.1) is 0 Å². The fraction of sp³-hybridized carbons (Fsp3) is 1.00. The lowest BCUT2D eigenvalue weighted by Gasteiger charge is -2.28. The standard InChI is InChI=1S/C32H68NO6P/c1-6-8-10-12-14-15-16-17-18-19-20-21-23-25-28-37-32(30-36-27-24-22-13-11-9-7-2)31-39-40(34,35)38-29-26-33(3,4)5/h32H,6-31H2,1-5H3. The molecule has 40 heavy (non-hydrogen) atoms. The maximum atomic E-state index is 12.2. The second kappa shape index (κ2) is 27.8. The average Bonchev–Trinajstić information content (AvgIpc) is 2.89. The lowest BCUT2D eigenvalue weighted by atomic mass is 10.0. The zero-order valence-corrected chi connectivity index (χ0v) is 28.2. The fourth-order valence-corrected chi connectivity index (χ4v) is 5.26. The van der Waals surface area contributed by atoms with Crippen molar-refractivity contribution in [1.29, 1.82) is 0 Å². The number of phosphoric acid groups is 1. The first-order chi connectivity index (χ1) is 19.2. The predicted octanol–water partition coefficient (Wildman–Crippen LogP) is 8.44. The van der Waals surface area contributed by atoms with Crippen LogP contribution in [-0.2, 0) is 23.1 Å². The Hall–Kier alpha value is -0.0100. The summed E-state index contributed by atoms with van der Waals surface area (Å²) in [6, 6.07) is 0. The number of rotatable bonds is 32. The SMILES string of the molecule is CCCCCCCCCCCCCCCCOC(COCCCCCCCC)COP(=O)([O-])OCC[N+](C)(C)C. The Morgan fingerprint density at radius 2 is 1.00 bits per heavy atom. The number of hydrogen-bond donors (Lipinski definition) is 0. The number of unbranched alkanes of at least 4 members (excludes halogenated alkanes) is 18. The fourth-order valence-electron chi connectivity index (χ4n) is 4.53. The van der Waals surface area contributed by atoms with Gasteiger partial charge in [0.25, 0.3) is 7.82 Å². The third-order valence-electron chi connectivity index (χ3n) is 7.23. The highest BCUT2D eigenvalue weighted by molar-refractivity contribution is 7.45. The first-order valence-electron chi connectivity index (χ1n) is 16.8. The van der Waals surface area contributed by atoms with Crippen LogP contribution in [0.2, 0.25) is 0 Å². The van der Waals surface area contributed by atoms with Crippen LogP contribution in [-0.4, -0.2) is 71.3 Å². The summed E-state index contributed by atoms with van der Waals surface area (Å²) in [6.07, 6.45) is 25.2. The highest BCUT2D eigenvalue weighted by Gasteiger charge is 2.17. The molecule has 7 nitrogen and oxygen atoms in total. The molecule has 0 aromatic carbocycles. The van der Waals surface area contributed by atoms with Crippen LogP contribution in [0.3, 0.4) is 0 Å². The van der Waals surface area contributed by atoms with Crippen molar-refractivity contribution in [3.8, 4) is 0 Å². The van der Waals surface area contributed by atoms with Crippen LogP contribution < -0.4 is 4.89 Å². The summed E-state index contributed by atoms with van der Waals surface area (Å²) in [5.74, 6) is 0. The molecule has 0 radical (unpaired) electrons. The Morgan fingerprint density at radius 3 is 1.45 bits per heavy atom. The van der Waals surface area contributed by atoms with E-state index in [1.807, 2.05) is 21.1 Å². The molecule has 0 aromatic rings. The largest absolute Gasteiger partial charge is 0.756 e. The molecule has 0 amide bonds. The first kappa shape index (κ1) is 40.0. The molecule has 0 rings (SSSR count). The minimum absolute atomic E-state index is 0.0692. The number of hydrogen-bond acceptors (Lipinski definition) is 6. The zero-order chi connectivity index (χ0) is 29.8. The van der Waals surface area contributed by atoms with Crippen molar-refractivity contribution in [3.63, 3.8) is 0 Å². The molecule has 0 aromatic heterocycles. The lowest BCUT2D eigenvalue weighted by molar-refractivity contribution is -0.870. The van der Waals surface area contributed by atoms with Crippen LogP contribution in [0, 0.1) is 0 Å². The number of ether oxygens (including phenoxy) is 2. The number of quaternary nitrogens is 1. The maximum absolute atomic E-state index is 12.2. The van der Waals surface area contributed by atoms with Crippen molar-refractivity contribution in [2.75, 3.05) is 60.7 Å². The van der Waals surface area contributed by atoms with Crippen molar-refractivity contribution in [2.24, 2.45) is 0 Å². The molecule has 0 aliphatic heterocycles. The zero-order valence-electron chi connectivity index (χ0n) is 27.3. The van der Waals surface area contributed by atoms with Gasteiger partial charge in [0.05, 0.1) is 34.4 Å². The van der Waals surface area contributed by atoms with Crippen LogP contribution in [0.5, 0.6) is 0 Å². The average molecular weight is 594 g/mol. The van der Waals surface area contributed by atoms with Crippen molar-refractivity contribution >= 4 is 7.82 Å². The molecule has 0 spiro atoms. The van der Waals surface area contributed by atoms with E-state index in [1.54, 1.807) is 0 Å². The molecule has 242 valence electrons. The highest BCUT2D eigenvalue weighted by atomic mass is 31.2. The van der Waals surface area contributed by atoms with Gasteiger partial charge in [0.15, 0.2) is 0 Å². The number of nitrogens with zero attached hydrogens (tertiary/aromatic N) is 1. The van der Waals surface area contributed by atoms with Gasteiger partial charge < -0.3 is 27.9 Å². The van der Waals surface area contributed by atoms with Crippen LogP contribution in [0.15, 0.2) is 0 Å². The van der Waals surface area contributed by atoms with Gasteiger partial charge >= 0.3 is 0 Å². The van der Waals surface area contributed by atoms with Gasteiger partial charge in [0, 0.05) is 13.2 Å². The molecule has 0 saturated heterocycles. The van der Waals surface area contributed by atoms with Crippen LogP contribution in [0.25, 0.3) is 0 Å².